The van der Waals surface area contributed by atoms with Gasteiger partial charge in [0.15, 0.2) is 0 Å². The Labute approximate surface area is 110 Å². The molecule has 0 radical (unpaired) electrons. The van der Waals surface area contributed by atoms with Crippen molar-refractivity contribution >= 4 is 21.8 Å². The van der Waals surface area contributed by atoms with E-state index in [1.807, 2.05) is 13.8 Å². The molecule has 0 spiro atoms. The highest BCUT2D eigenvalue weighted by molar-refractivity contribution is 9.09. The lowest BCUT2D eigenvalue weighted by Crippen LogP contribution is -2.49. The van der Waals surface area contributed by atoms with Gasteiger partial charge in [-0.15, -0.1) is 0 Å². The summed E-state index contributed by atoms with van der Waals surface area (Å²) in [7, 11) is 1.75. The molecule has 1 rings (SSSR count). The van der Waals surface area contributed by atoms with Crippen molar-refractivity contribution in [3.63, 3.8) is 0 Å². The van der Waals surface area contributed by atoms with E-state index in [4.69, 9.17) is 0 Å². The highest BCUT2D eigenvalue weighted by atomic mass is 79.9. The van der Waals surface area contributed by atoms with Gasteiger partial charge in [0, 0.05) is 36.7 Å². The minimum absolute atomic E-state index is 0.00931. The molecule has 0 N–H and O–H groups in total. The van der Waals surface area contributed by atoms with Crippen molar-refractivity contribution in [2.45, 2.75) is 51.0 Å². The van der Waals surface area contributed by atoms with Gasteiger partial charge in [-0.05, 0) is 26.7 Å². The van der Waals surface area contributed by atoms with Crippen molar-refractivity contribution in [1.82, 2.24) is 4.90 Å². The third kappa shape index (κ3) is 3.63. The first-order chi connectivity index (χ1) is 7.69. The third-order valence-corrected chi connectivity index (χ3v) is 5.00. The van der Waals surface area contributed by atoms with Crippen LogP contribution in [0.1, 0.15) is 39.5 Å². The number of halogens is 3. The molecule has 2 nitrogen and oxygen atoms in total. The summed E-state index contributed by atoms with van der Waals surface area (Å²) in [6, 6.07) is 0. The van der Waals surface area contributed by atoms with Crippen LogP contribution in [0.3, 0.4) is 0 Å². The molecule has 1 fully saturated rings. The molecule has 0 aliphatic heterocycles. The van der Waals surface area contributed by atoms with Crippen LogP contribution in [0.4, 0.5) is 8.78 Å². The molecule has 17 heavy (non-hydrogen) atoms. The predicted octanol–water partition coefficient (Wildman–Crippen LogP) is 3.44. The average molecular weight is 312 g/mol. The normalized spacial score (nSPS) is 21.3. The third-order valence-electron chi connectivity index (χ3n) is 3.63. The van der Waals surface area contributed by atoms with E-state index in [-0.39, 0.29) is 30.2 Å². The molecule has 0 saturated heterocycles. The first-order valence-corrected chi connectivity index (χ1v) is 7.03. The number of nitrogens with zero attached hydrogens (tertiary/aromatic N) is 1. The molecular weight excluding hydrogens is 292 g/mol. The van der Waals surface area contributed by atoms with Gasteiger partial charge in [-0.3, -0.25) is 4.79 Å². The molecule has 0 heterocycles. The molecule has 0 aromatic carbocycles. The summed E-state index contributed by atoms with van der Waals surface area (Å²) in [6.45, 7) is 3.91. The van der Waals surface area contributed by atoms with Crippen LogP contribution in [0, 0.1) is 5.92 Å². The van der Waals surface area contributed by atoms with Gasteiger partial charge in [0.1, 0.15) is 0 Å². The number of hydrogen-bond acceptors (Lipinski definition) is 1. The Balaban J connectivity index is 2.60. The summed E-state index contributed by atoms with van der Waals surface area (Å²) < 4.78 is 26.0. The van der Waals surface area contributed by atoms with Crippen LogP contribution >= 0.6 is 15.9 Å². The van der Waals surface area contributed by atoms with E-state index >= 15 is 0 Å². The summed E-state index contributed by atoms with van der Waals surface area (Å²) in [5, 5.41) is 0.672. The summed E-state index contributed by atoms with van der Waals surface area (Å²) in [4.78, 5) is 13.9. The number of alkyl halides is 3. The van der Waals surface area contributed by atoms with Crippen molar-refractivity contribution in [2.24, 2.45) is 5.92 Å². The Morgan fingerprint density at radius 2 is 1.88 bits per heavy atom. The van der Waals surface area contributed by atoms with Crippen molar-refractivity contribution in [3.8, 4) is 0 Å². The van der Waals surface area contributed by atoms with Gasteiger partial charge in [-0.2, -0.15) is 0 Å². The maximum absolute atomic E-state index is 13.0. The maximum atomic E-state index is 13.0. The molecule has 1 amide bonds. The van der Waals surface area contributed by atoms with Gasteiger partial charge in [0.05, 0.1) is 0 Å². The van der Waals surface area contributed by atoms with Crippen LogP contribution in [-0.2, 0) is 4.79 Å². The second kappa shape index (κ2) is 5.21. The number of rotatable bonds is 3. The SMILES string of the molecule is CN(C(=O)C1CCC(F)(F)CC1)C(C)(C)CBr. The van der Waals surface area contributed by atoms with Crippen molar-refractivity contribution in [2.75, 3.05) is 12.4 Å². The zero-order valence-corrected chi connectivity index (χ0v) is 12.2. The van der Waals surface area contributed by atoms with Crippen LogP contribution < -0.4 is 0 Å². The fraction of sp³-hybridized carbons (Fsp3) is 0.917. The van der Waals surface area contributed by atoms with Crippen LogP contribution in [0.25, 0.3) is 0 Å². The second-order valence-electron chi connectivity index (χ2n) is 5.47. The fourth-order valence-electron chi connectivity index (χ4n) is 1.95. The van der Waals surface area contributed by atoms with Gasteiger partial charge < -0.3 is 4.90 Å². The zero-order chi connectivity index (χ0) is 13.3. The average Bonchev–Trinajstić information content (AvgIpc) is 2.27. The lowest BCUT2D eigenvalue weighted by atomic mass is 9.85. The minimum Gasteiger partial charge on any atom is -0.340 e. The van der Waals surface area contributed by atoms with E-state index < -0.39 is 5.92 Å². The number of hydrogen-bond donors (Lipinski definition) is 0. The minimum atomic E-state index is -2.57. The topological polar surface area (TPSA) is 20.3 Å². The Morgan fingerprint density at radius 3 is 2.29 bits per heavy atom. The molecule has 0 bridgehead atoms. The lowest BCUT2D eigenvalue weighted by Gasteiger charge is -2.38. The van der Waals surface area contributed by atoms with E-state index in [9.17, 15) is 13.6 Å². The van der Waals surface area contributed by atoms with Crippen LogP contribution in [0.5, 0.6) is 0 Å². The van der Waals surface area contributed by atoms with Crippen LogP contribution in [-0.4, -0.2) is 34.6 Å². The molecule has 5 heteroatoms. The summed E-state index contributed by atoms with van der Waals surface area (Å²) in [6.07, 6.45) is 0.279. The summed E-state index contributed by atoms with van der Waals surface area (Å²) >= 11 is 3.37. The quantitative estimate of drug-likeness (QED) is 0.731. The second-order valence-corrected chi connectivity index (χ2v) is 6.03. The highest BCUT2D eigenvalue weighted by Crippen LogP contribution is 2.37. The molecule has 1 aliphatic carbocycles. The molecule has 0 aromatic rings. The monoisotopic (exact) mass is 311 g/mol. The molecule has 0 atom stereocenters. The standard InChI is InChI=1S/C12H20BrF2NO/c1-11(2,8-13)16(3)10(17)9-4-6-12(14,15)7-5-9/h9H,4-8H2,1-3H3. The molecule has 1 aliphatic rings. The largest absolute Gasteiger partial charge is 0.340 e. The van der Waals surface area contributed by atoms with E-state index in [2.05, 4.69) is 15.9 Å². The van der Waals surface area contributed by atoms with E-state index in [1.165, 1.54) is 0 Å². The van der Waals surface area contributed by atoms with Crippen molar-refractivity contribution < 1.29 is 13.6 Å². The van der Waals surface area contributed by atoms with E-state index in [1.54, 1.807) is 11.9 Å². The van der Waals surface area contributed by atoms with Crippen LogP contribution in [0.15, 0.2) is 0 Å². The Bertz CT molecular complexity index is 284. The highest BCUT2D eigenvalue weighted by Gasteiger charge is 2.39. The Kier molecular flexibility index (Phi) is 4.55. The van der Waals surface area contributed by atoms with Gasteiger partial charge in [-0.25, -0.2) is 8.78 Å². The predicted molar refractivity (Wildman–Crippen MR) is 67.5 cm³/mol. The van der Waals surface area contributed by atoms with Crippen LogP contribution in [0.2, 0.25) is 0 Å². The summed E-state index contributed by atoms with van der Waals surface area (Å²) in [5.74, 6) is -2.82. The van der Waals surface area contributed by atoms with Crippen molar-refractivity contribution in [1.29, 1.82) is 0 Å². The lowest BCUT2D eigenvalue weighted by molar-refractivity contribution is -0.142. The Hall–Kier alpha value is -0.190. The smallest absolute Gasteiger partial charge is 0.248 e. The van der Waals surface area contributed by atoms with Gasteiger partial charge in [0.2, 0.25) is 11.8 Å². The zero-order valence-electron chi connectivity index (χ0n) is 10.6. The Morgan fingerprint density at radius 1 is 1.41 bits per heavy atom. The maximum Gasteiger partial charge on any atom is 0.248 e. The molecule has 0 unspecified atom stereocenters. The fourth-order valence-corrected chi connectivity index (χ4v) is 2.33. The number of carbonyl (C=O) groups is 1. The molecular formula is C12H20BrF2NO. The first-order valence-electron chi connectivity index (χ1n) is 5.91. The summed E-state index contributed by atoms with van der Waals surface area (Å²) in [5.41, 5.74) is -0.281. The van der Waals surface area contributed by atoms with E-state index in [0.29, 0.717) is 18.2 Å². The number of amides is 1. The molecule has 1 saturated carbocycles. The van der Waals surface area contributed by atoms with Gasteiger partial charge in [0.25, 0.3) is 0 Å². The molecule has 100 valence electrons. The number of carbonyl (C=O) groups excluding carboxylic acids is 1. The molecule has 0 aromatic heterocycles. The van der Waals surface area contributed by atoms with Crippen molar-refractivity contribution in [3.05, 3.63) is 0 Å². The van der Waals surface area contributed by atoms with E-state index in [0.717, 1.165) is 0 Å². The van der Waals surface area contributed by atoms with Gasteiger partial charge >= 0.3 is 0 Å². The first kappa shape index (κ1) is 14.9. The van der Waals surface area contributed by atoms with Gasteiger partial charge in [-0.1, -0.05) is 15.9 Å².